The molecule has 2 unspecified atom stereocenters. The predicted molar refractivity (Wildman–Crippen MR) is 262 cm³/mol. The van der Waals surface area contributed by atoms with E-state index >= 15 is 0 Å². The third kappa shape index (κ3) is 46.5. The molecule has 2 atom stereocenters. The number of carbonyl (C=O) groups excluding carboxylic acids is 1. The highest BCUT2D eigenvalue weighted by Gasteiger charge is 2.20. The average Bonchev–Trinajstić information content (AvgIpc) is 3.24. The van der Waals surface area contributed by atoms with Crippen LogP contribution in [0.2, 0.25) is 0 Å². The number of carbonyl (C=O) groups is 1. The first kappa shape index (κ1) is 56.6. The van der Waals surface area contributed by atoms with E-state index in [2.05, 4.69) is 104 Å². The zero-order valence-electron chi connectivity index (χ0n) is 39.0. The fraction of sp³-hybridized carbons (Fsp3) is 0.727. The van der Waals surface area contributed by atoms with Crippen LogP contribution in [0.5, 0.6) is 0 Å². The molecule has 59 heavy (non-hydrogen) atoms. The summed E-state index contributed by atoms with van der Waals surface area (Å²) in [5, 5.41) is 23.2. The third-order valence-electron chi connectivity index (χ3n) is 11.2. The number of aliphatic hydroxyl groups excluding tert-OH is 2. The average molecular weight is 820 g/mol. The maximum atomic E-state index is 12.4. The second-order valence-corrected chi connectivity index (χ2v) is 16.9. The minimum Gasteiger partial charge on any atom is -0.394 e. The van der Waals surface area contributed by atoms with Crippen LogP contribution in [-0.2, 0) is 4.79 Å². The van der Waals surface area contributed by atoms with Gasteiger partial charge < -0.3 is 15.5 Å². The number of amides is 1. The summed E-state index contributed by atoms with van der Waals surface area (Å²) in [5.74, 6) is -0.0360. The molecule has 3 N–H and O–H groups in total. The number of allylic oxidation sites excluding steroid dienone is 14. The van der Waals surface area contributed by atoms with Crippen LogP contribution in [0.1, 0.15) is 239 Å². The Morgan fingerprint density at radius 3 is 1.12 bits per heavy atom. The van der Waals surface area contributed by atoms with Gasteiger partial charge in [-0.05, 0) is 70.6 Å². The SMILES string of the molecule is CC/C=C\C/C=C\C/C=C\C/C=C\C/C=C\C/C=C\C/C=C\CCCCCCCCCCCCCCCC(=O)NC(CO)C(O)CCCCCCCCCCCCCC. The Balaban J connectivity index is 3.51. The zero-order chi connectivity index (χ0) is 42.8. The Kier molecular flexibility index (Phi) is 47.9. The van der Waals surface area contributed by atoms with E-state index in [1.54, 1.807) is 0 Å². The van der Waals surface area contributed by atoms with E-state index in [9.17, 15) is 15.0 Å². The number of hydrogen-bond donors (Lipinski definition) is 3. The Morgan fingerprint density at radius 1 is 0.424 bits per heavy atom. The highest BCUT2D eigenvalue weighted by atomic mass is 16.3. The minimum absolute atomic E-state index is 0.0360. The van der Waals surface area contributed by atoms with Gasteiger partial charge in [0, 0.05) is 6.42 Å². The monoisotopic (exact) mass is 820 g/mol. The molecule has 0 aromatic rings. The Morgan fingerprint density at radius 2 is 0.746 bits per heavy atom. The summed E-state index contributed by atoms with van der Waals surface area (Å²) in [6.07, 6.45) is 72.6. The van der Waals surface area contributed by atoms with Crippen molar-refractivity contribution in [1.29, 1.82) is 0 Å². The number of unbranched alkanes of at least 4 members (excludes halogenated alkanes) is 24. The lowest BCUT2D eigenvalue weighted by Crippen LogP contribution is -2.45. The molecule has 0 fully saturated rings. The topological polar surface area (TPSA) is 69.6 Å². The molecular formula is C55H97NO3. The first-order valence-corrected chi connectivity index (χ1v) is 25.3. The molecule has 0 radical (unpaired) electrons. The molecule has 0 saturated heterocycles. The van der Waals surface area contributed by atoms with Crippen LogP contribution in [0.25, 0.3) is 0 Å². The second kappa shape index (κ2) is 49.9. The van der Waals surface area contributed by atoms with Gasteiger partial charge >= 0.3 is 0 Å². The van der Waals surface area contributed by atoms with Crippen LogP contribution in [0.4, 0.5) is 0 Å². The van der Waals surface area contributed by atoms with E-state index in [0.717, 1.165) is 70.6 Å². The van der Waals surface area contributed by atoms with Gasteiger partial charge in [-0.2, -0.15) is 0 Å². The quantitative estimate of drug-likeness (QED) is 0.0423. The lowest BCUT2D eigenvalue weighted by atomic mass is 10.0. The first-order valence-electron chi connectivity index (χ1n) is 25.3. The van der Waals surface area contributed by atoms with Gasteiger partial charge in [0.05, 0.1) is 18.8 Å². The molecule has 0 aromatic heterocycles. The second-order valence-electron chi connectivity index (χ2n) is 16.9. The van der Waals surface area contributed by atoms with Crippen molar-refractivity contribution in [2.75, 3.05) is 6.61 Å². The molecule has 1 amide bonds. The molecular weight excluding hydrogens is 723 g/mol. The molecule has 340 valence electrons. The van der Waals surface area contributed by atoms with Gasteiger partial charge in [-0.3, -0.25) is 4.79 Å². The summed E-state index contributed by atoms with van der Waals surface area (Å²) < 4.78 is 0. The molecule has 0 saturated carbocycles. The normalized spacial score (nSPS) is 13.6. The van der Waals surface area contributed by atoms with Crippen molar-refractivity contribution in [3.63, 3.8) is 0 Å². The van der Waals surface area contributed by atoms with Crippen molar-refractivity contribution in [3.8, 4) is 0 Å². The molecule has 0 aliphatic heterocycles. The first-order chi connectivity index (χ1) is 29.2. The Bertz CT molecular complexity index is 1070. The van der Waals surface area contributed by atoms with E-state index in [4.69, 9.17) is 0 Å². The number of hydrogen-bond acceptors (Lipinski definition) is 3. The van der Waals surface area contributed by atoms with Crippen molar-refractivity contribution in [1.82, 2.24) is 5.32 Å². The molecule has 4 nitrogen and oxygen atoms in total. The molecule has 0 spiro atoms. The fourth-order valence-corrected chi connectivity index (χ4v) is 7.34. The summed E-state index contributed by atoms with van der Waals surface area (Å²) in [7, 11) is 0. The summed E-state index contributed by atoms with van der Waals surface area (Å²) in [5.41, 5.74) is 0. The van der Waals surface area contributed by atoms with Gasteiger partial charge in [-0.15, -0.1) is 0 Å². The summed E-state index contributed by atoms with van der Waals surface area (Å²) in [4.78, 5) is 12.4. The van der Waals surface area contributed by atoms with E-state index in [1.807, 2.05) is 0 Å². The molecule has 0 aromatic carbocycles. The van der Waals surface area contributed by atoms with Crippen LogP contribution in [0.15, 0.2) is 85.1 Å². The third-order valence-corrected chi connectivity index (χ3v) is 11.2. The van der Waals surface area contributed by atoms with Crippen molar-refractivity contribution >= 4 is 5.91 Å². The lowest BCUT2D eigenvalue weighted by molar-refractivity contribution is -0.123. The largest absolute Gasteiger partial charge is 0.394 e. The molecule has 4 heteroatoms. The number of rotatable bonds is 45. The van der Waals surface area contributed by atoms with Crippen LogP contribution < -0.4 is 5.32 Å². The lowest BCUT2D eigenvalue weighted by Gasteiger charge is -2.22. The number of nitrogens with one attached hydrogen (secondary N) is 1. The highest BCUT2D eigenvalue weighted by Crippen LogP contribution is 2.16. The van der Waals surface area contributed by atoms with Crippen molar-refractivity contribution in [3.05, 3.63) is 85.1 Å². The van der Waals surface area contributed by atoms with Gasteiger partial charge in [0.1, 0.15) is 0 Å². The van der Waals surface area contributed by atoms with E-state index < -0.39 is 12.1 Å². The van der Waals surface area contributed by atoms with Crippen LogP contribution in [0, 0.1) is 0 Å². The summed E-state index contributed by atoms with van der Waals surface area (Å²) in [6, 6.07) is -0.539. The van der Waals surface area contributed by atoms with Crippen LogP contribution in [-0.4, -0.2) is 34.9 Å². The predicted octanol–water partition coefficient (Wildman–Crippen LogP) is 16.4. The van der Waals surface area contributed by atoms with E-state index in [-0.39, 0.29) is 12.5 Å². The molecule has 0 aliphatic carbocycles. The zero-order valence-corrected chi connectivity index (χ0v) is 39.0. The van der Waals surface area contributed by atoms with Crippen molar-refractivity contribution < 1.29 is 15.0 Å². The van der Waals surface area contributed by atoms with Crippen LogP contribution in [0.3, 0.4) is 0 Å². The Hall–Kier alpha value is -2.43. The van der Waals surface area contributed by atoms with E-state index in [0.29, 0.717) is 12.8 Å². The number of aliphatic hydroxyl groups is 2. The summed E-state index contributed by atoms with van der Waals surface area (Å²) in [6.45, 7) is 4.24. The van der Waals surface area contributed by atoms with Crippen molar-refractivity contribution in [2.24, 2.45) is 0 Å². The molecule has 0 bridgehead atoms. The summed E-state index contributed by atoms with van der Waals surface area (Å²) >= 11 is 0. The molecule has 0 rings (SSSR count). The standard InChI is InChI=1S/C55H97NO3/c1-3-5-7-9-11-13-15-17-18-19-20-21-22-23-24-25-26-27-28-29-30-31-32-33-34-35-36-37-38-39-41-43-45-47-49-51-55(59)56-53(52-57)54(58)50-48-46-44-42-40-16-14-12-10-8-6-4-2/h5,7,11,13,17-18,20-21,23-24,26-27,29-30,53-54,57-58H,3-4,6,8-10,12,14-16,19,22,25,28,31-52H2,1-2H3,(H,56,59)/b7-5-,13-11-,18-17-,21-20-,24-23-,27-26-,30-29-. The highest BCUT2D eigenvalue weighted by molar-refractivity contribution is 5.76. The maximum absolute atomic E-state index is 12.4. The van der Waals surface area contributed by atoms with Gasteiger partial charge in [-0.25, -0.2) is 0 Å². The maximum Gasteiger partial charge on any atom is 0.220 e. The van der Waals surface area contributed by atoms with Gasteiger partial charge in [0.2, 0.25) is 5.91 Å². The van der Waals surface area contributed by atoms with Gasteiger partial charge in [-0.1, -0.05) is 247 Å². The van der Waals surface area contributed by atoms with E-state index in [1.165, 1.54) is 141 Å². The molecule has 0 heterocycles. The van der Waals surface area contributed by atoms with Gasteiger partial charge in [0.25, 0.3) is 0 Å². The Labute approximate surface area is 367 Å². The van der Waals surface area contributed by atoms with Gasteiger partial charge in [0.15, 0.2) is 0 Å². The fourth-order valence-electron chi connectivity index (χ4n) is 7.34. The van der Waals surface area contributed by atoms with Crippen molar-refractivity contribution in [2.45, 2.75) is 251 Å². The van der Waals surface area contributed by atoms with Crippen LogP contribution >= 0.6 is 0 Å². The minimum atomic E-state index is -0.662. The molecule has 0 aliphatic rings. The smallest absolute Gasteiger partial charge is 0.220 e.